The van der Waals surface area contributed by atoms with Gasteiger partial charge in [-0.3, -0.25) is 0 Å². The van der Waals surface area contributed by atoms with E-state index in [1.165, 1.54) is 12.1 Å². The normalized spacial score (nSPS) is 14.7. The molecule has 2 aromatic rings. The monoisotopic (exact) mass is 367 g/mol. The van der Waals surface area contributed by atoms with Gasteiger partial charge < -0.3 is 16.0 Å². The van der Waals surface area contributed by atoms with Crippen LogP contribution in [0.5, 0.6) is 0 Å². The maximum atomic E-state index is 12.5. The number of alkyl halides is 3. The van der Waals surface area contributed by atoms with Crippen molar-refractivity contribution in [2.45, 2.75) is 16.3 Å². The van der Waals surface area contributed by atoms with E-state index in [0.717, 1.165) is 30.1 Å². The Hall–Kier alpha value is -2.19. The van der Waals surface area contributed by atoms with Crippen molar-refractivity contribution >= 4 is 29.2 Å². The zero-order valence-electron chi connectivity index (χ0n) is 13.1. The lowest BCUT2D eigenvalue weighted by Gasteiger charge is -2.26. The van der Waals surface area contributed by atoms with Crippen LogP contribution in [-0.4, -0.2) is 24.4 Å². The predicted octanol–water partition coefficient (Wildman–Crippen LogP) is 4.41. The molecule has 0 saturated carbocycles. The van der Waals surface area contributed by atoms with E-state index in [4.69, 9.17) is 0 Å². The number of nitrogens with one attached hydrogen (secondary N) is 3. The fourth-order valence-corrected chi connectivity index (χ4v) is 3.27. The fraction of sp³-hybridized carbons (Fsp3) is 0.235. The Kier molecular flexibility index (Phi) is 5.19. The fourth-order valence-electron chi connectivity index (χ4n) is 2.19. The molecule has 132 valence electrons. The number of halogens is 3. The van der Waals surface area contributed by atoms with E-state index in [1.54, 1.807) is 23.9 Å². The van der Waals surface area contributed by atoms with Gasteiger partial charge in [0, 0.05) is 34.6 Å². The van der Waals surface area contributed by atoms with Crippen LogP contribution < -0.4 is 16.0 Å². The number of thioether (sulfide) groups is 1. The van der Waals surface area contributed by atoms with Crippen LogP contribution in [0.4, 0.5) is 29.3 Å². The first-order valence-electron chi connectivity index (χ1n) is 7.63. The number of benzene rings is 2. The molecule has 0 atom stereocenters. The second-order valence-corrected chi connectivity index (χ2v) is 6.95. The maximum Gasteiger partial charge on any atom is 0.416 e. The van der Waals surface area contributed by atoms with Crippen molar-refractivity contribution in [1.82, 2.24) is 5.32 Å². The van der Waals surface area contributed by atoms with Gasteiger partial charge in [0.2, 0.25) is 0 Å². The smallest absolute Gasteiger partial charge is 0.314 e. The molecule has 1 heterocycles. The third kappa shape index (κ3) is 4.90. The number of hydrogen-bond donors (Lipinski definition) is 3. The van der Waals surface area contributed by atoms with Gasteiger partial charge in [-0.1, -0.05) is 0 Å². The summed E-state index contributed by atoms with van der Waals surface area (Å²) in [5.74, 6) is 0. The molecule has 3 rings (SSSR count). The number of rotatable bonds is 4. The SMILES string of the molecule is O=C(Nc1ccc(SC2CNC2)cc1)Nc1ccc(C(F)(F)F)cc1. The van der Waals surface area contributed by atoms with E-state index < -0.39 is 17.8 Å². The molecule has 1 aliphatic heterocycles. The summed E-state index contributed by atoms with van der Waals surface area (Å²) < 4.78 is 37.5. The lowest BCUT2D eigenvalue weighted by Crippen LogP contribution is -2.44. The molecule has 4 nitrogen and oxygen atoms in total. The van der Waals surface area contributed by atoms with E-state index in [-0.39, 0.29) is 5.69 Å². The van der Waals surface area contributed by atoms with Crippen LogP contribution in [0.25, 0.3) is 0 Å². The Morgan fingerprint density at radius 2 is 1.48 bits per heavy atom. The van der Waals surface area contributed by atoms with Gasteiger partial charge in [0.25, 0.3) is 0 Å². The van der Waals surface area contributed by atoms with E-state index >= 15 is 0 Å². The molecular weight excluding hydrogens is 351 g/mol. The van der Waals surface area contributed by atoms with Crippen LogP contribution in [0.3, 0.4) is 0 Å². The van der Waals surface area contributed by atoms with Crippen LogP contribution in [0.2, 0.25) is 0 Å². The van der Waals surface area contributed by atoms with Crippen molar-refractivity contribution in [3.05, 3.63) is 54.1 Å². The van der Waals surface area contributed by atoms with Gasteiger partial charge in [-0.15, -0.1) is 11.8 Å². The summed E-state index contributed by atoms with van der Waals surface area (Å²) in [5, 5.41) is 8.94. The standard InChI is InChI=1S/C17H16F3N3OS/c18-17(19,20)11-1-3-12(4-2-11)22-16(24)23-13-5-7-14(8-6-13)25-15-9-21-10-15/h1-8,15,21H,9-10H2,(H2,22,23,24). The van der Waals surface area contributed by atoms with Crippen LogP contribution in [0, 0.1) is 0 Å². The van der Waals surface area contributed by atoms with Crippen LogP contribution in [0.15, 0.2) is 53.4 Å². The Labute approximate surface area is 147 Å². The van der Waals surface area contributed by atoms with Gasteiger partial charge in [-0.2, -0.15) is 13.2 Å². The molecule has 1 saturated heterocycles. The molecule has 0 aliphatic carbocycles. The second kappa shape index (κ2) is 7.37. The Bertz CT molecular complexity index is 728. The second-order valence-electron chi connectivity index (χ2n) is 5.58. The zero-order valence-corrected chi connectivity index (χ0v) is 13.9. The van der Waals surface area contributed by atoms with E-state index in [1.807, 2.05) is 12.1 Å². The minimum Gasteiger partial charge on any atom is -0.314 e. The van der Waals surface area contributed by atoms with Crippen LogP contribution in [0.1, 0.15) is 5.56 Å². The van der Waals surface area contributed by atoms with Crippen molar-refractivity contribution in [2.75, 3.05) is 23.7 Å². The molecule has 8 heteroatoms. The number of hydrogen-bond acceptors (Lipinski definition) is 3. The molecule has 2 amide bonds. The van der Waals surface area contributed by atoms with Gasteiger partial charge in [-0.05, 0) is 48.5 Å². The first kappa shape index (κ1) is 17.6. The van der Waals surface area contributed by atoms with E-state index in [0.29, 0.717) is 10.9 Å². The Morgan fingerprint density at radius 1 is 0.960 bits per heavy atom. The molecule has 0 unspecified atom stereocenters. The van der Waals surface area contributed by atoms with Gasteiger partial charge >= 0.3 is 12.2 Å². The first-order chi connectivity index (χ1) is 11.9. The summed E-state index contributed by atoms with van der Waals surface area (Å²) in [7, 11) is 0. The van der Waals surface area contributed by atoms with Gasteiger partial charge in [-0.25, -0.2) is 4.79 Å². The number of carbonyl (C=O) groups excluding carboxylic acids is 1. The van der Waals surface area contributed by atoms with Gasteiger partial charge in [0.15, 0.2) is 0 Å². The Morgan fingerprint density at radius 3 is 1.92 bits per heavy atom. The minimum absolute atomic E-state index is 0.287. The highest BCUT2D eigenvalue weighted by molar-refractivity contribution is 8.00. The molecule has 25 heavy (non-hydrogen) atoms. The maximum absolute atomic E-state index is 12.5. The highest BCUT2D eigenvalue weighted by atomic mass is 32.2. The summed E-state index contributed by atoms with van der Waals surface area (Å²) in [6, 6.07) is 11.2. The summed E-state index contributed by atoms with van der Waals surface area (Å²) in [5.41, 5.74) is 0.142. The Balaban J connectivity index is 1.53. The first-order valence-corrected chi connectivity index (χ1v) is 8.51. The molecule has 1 fully saturated rings. The highest BCUT2D eigenvalue weighted by Crippen LogP contribution is 2.30. The van der Waals surface area contributed by atoms with E-state index in [2.05, 4.69) is 16.0 Å². The lowest BCUT2D eigenvalue weighted by molar-refractivity contribution is -0.137. The third-order valence-corrected chi connectivity index (χ3v) is 4.84. The van der Waals surface area contributed by atoms with Crippen molar-refractivity contribution in [2.24, 2.45) is 0 Å². The highest BCUT2D eigenvalue weighted by Gasteiger charge is 2.30. The number of anilines is 2. The third-order valence-electron chi connectivity index (χ3n) is 3.63. The zero-order chi connectivity index (χ0) is 17.9. The number of amides is 2. The van der Waals surface area contributed by atoms with Crippen molar-refractivity contribution in [3.63, 3.8) is 0 Å². The largest absolute Gasteiger partial charge is 0.416 e. The summed E-state index contributed by atoms with van der Waals surface area (Å²) in [6.45, 7) is 2.00. The molecule has 0 spiro atoms. The number of carbonyl (C=O) groups is 1. The molecule has 0 bridgehead atoms. The van der Waals surface area contributed by atoms with E-state index in [9.17, 15) is 18.0 Å². The van der Waals surface area contributed by atoms with Crippen LogP contribution >= 0.6 is 11.8 Å². The lowest BCUT2D eigenvalue weighted by atomic mass is 10.2. The molecule has 3 N–H and O–H groups in total. The molecular formula is C17H16F3N3OS. The summed E-state index contributed by atoms with van der Waals surface area (Å²) in [4.78, 5) is 13.0. The molecule has 0 radical (unpaired) electrons. The van der Waals surface area contributed by atoms with Crippen molar-refractivity contribution in [1.29, 1.82) is 0 Å². The minimum atomic E-state index is -4.39. The molecule has 2 aromatic carbocycles. The van der Waals surface area contributed by atoms with Gasteiger partial charge in [0.1, 0.15) is 0 Å². The molecule has 1 aliphatic rings. The average Bonchev–Trinajstić information content (AvgIpc) is 2.52. The summed E-state index contributed by atoms with van der Waals surface area (Å²) >= 11 is 1.78. The van der Waals surface area contributed by atoms with Crippen molar-refractivity contribution in [3.8, 4) is 0 Å². The average molecular weight is 367 g/mol. The quantitative estimate of drug-likeness (QED) is 0.750. The topological polar surface area (TPSA) is 53.2 Å². The predicted molar refractivity (Wildman–Crippen MR) is 93.0 cm³/mol. The number of urea groups is 1. The van der Waals surface area contributed by atoms with Crippen molar-refractivity contribution < 1.29 is 18.0 Å². The van der Waals surface area contributed by atoms with Gasteiger partial charge in [0.05, 0.1) is 5.56 Å². The molecule has 0 aromatic heterocycles. The van der Waals surface area contributed by atoms with Crippen LogP contribution in [-0.2, 0) is 6.18 Å². The summed E-state index contributed by atoms with van der Waals surface area (Å²) in [6.07, 6.45) is -4.39.